The lowest BCUT2D eigenvalue weighted by Crippen LogP contribution is -2.28. The summed E-state index contributed by atoms with van der Waals surface area (Å²) >= 11 is 9.25. The van der Waals surface area contributed by atoms with Gasteiger partial charge >= 0.3 is 15.6 Å². The quantitative estimate of drug-likeness (QED) is 0.211. The molecule has 4 nitrogen and oxygen atoms in total. The summed E-state index contributed by atoms with van der Waals surface area (Å²) in [5.74, 6) is -1.58. The van der Waals surface area contributed by atoms with Crippen LogP contribution in [0.2, 0.25) is 5.02 Å². The maximum atomic E-state index is 13.3. The Hall–Kier alpha value is -2.36. The first-order valence-corrected chi connectivity index (χ1v) is 11.2. The van der Waals surface area contributed by atoms with Crippen molar-refractivity contribution in [1.29, 1.82) is 0 Å². The van der Waals surface area contributed by atoms with Gasteiger partial charge in [-0.3, -0.25) is 4.79 Å². The summed E-state index contributed by atoms with van der Waals surface area (Å²) in [6.07, 6.45) is 0. The molecule has 1 unspecified atom stereocenters. The van der Waals surface area contributed by atoms with Gasteiger partial charge in [0.25, 0.3) is 0 Å². The molecule has 0 N–H and O–H groups in total. The number of benzene rings is 3. The van der Waals surface area contributed by atoms with Crippen LogP contribution in [-0.2, 0) is 10.1 Å². The Balaban J connectivity index is 1.99. The van der Waals surface area contributed by atoms with E-state index in [1.807, 2.05) is 0 Å². The molecule has 0 saturated heterocycles. The molecule has 10 heteroatoms. The zero-order valence-corrected chi connectivity index (χ0v) is 18.6. The molecule has 1 atom stereocenters. The molecule has 162 valence electrons. The molecule has 0 bridgehead atoms. The lowest BCUT2D eigenvalue weighted by molar-refractivity contribution is -0.0500. The standard InChI is InChI=1S/C21H13BrClF3O4S/c22-16-7-1-15(2-8-16)20(27)19(13-3-9-17(23)10-4-13)14-5-11-18(12-6-14)30-31(28,29)21(24,25)26/h1-12,19H. The molecular weight excluding hydrogens is 521 g/mol. The summed E-state index contributed by atoms with van der Waals surface area (Å²) in [5.41, 5.74) is -4.08. The van der Waals surface area contributed by atoms with Crippen molar-refractivity contribution in [3.05, 3.63) is 99.0 Å². The van der Waals surface area contributed by atoms with E-state index < -0.39 is 27.3 Å². The topological polar surface area (TPSA) is 60.4 Å². The number of alkyl halides is 3. The van der Waals surface area contributed by atoms with Crippen LogP contribution in [0.25, 0.3) is 0 Å². The maximum Gasteiger partial charge on any atom is 0.534 e. The SMILES string of the molecule is O=C(c1ccc(Br)cc1)C(c1ccc(Cl)cc1)c1ccc(OS(=O)(=O)C(F)(F)F)cc1. The first-order valence-electron chi connectivity index (χ1n) is 8.64. The number of carbonyl (C=O) groups is 1. The molecule has 0 spiro atoms. The van der Waals surface area contributed by atoms with Crippen LogP contribution in [0.15, 0.2) is 77.3 Å². The van der Waals surface area contributed by atoms with Crippen molar-refractivity contribution < 1.29 is 30.6 Å². The second-order valence-corrected chi connectivity index (χ2v) is 9.30. The van der Waals surface area contributed by atoms with E-state index in [1.165, 1.54) is 12.1 Å². The maximum absolute atomic E-state index is 13.3. The fraction of sp³-hybridized carbons (Fsp3) is 0.0952. The van der Waals surface area contributed by atoms with E-state index in [4.69, 9.17) is 11.6 Å². The van der Waals surface area contributed by atoms with Crippen LogP contribution < -0.4 is 4.18 Å². The monoisotopic (exact) mass is 532 g/mol. The number of carbonyl (C=O) groups excluding carboxylic acids is 1. The first kappa shape index (κ1) is 23.3. The predicted octanol–water partition coefficient (Wildman–Crippen LogP) is 6.35. The van der Waals surface area contributed by atoms with E-state index in [0.29, 0.717) is 21.7 Å². The van der Waals surface area contributed by atoms with Crippen molar-refractivity contribution in [2.24, 2.45) is 0 Å². The van der Waals surface area contributed by atoms with Crippen LogP contribution in [0.4, 0.5) is 13.2 Å². The lowest BCUT2D eigenvalue weighted by atomic mass is 9.85. The van der Waals surface area contributed by atoms with Gasteiger partial charge < -0.3 is 4.18 Å². The summed E-state index contributed by atoms with van der Waals surface area (Å²) in [7, 11) is -5.79. The van der Waals surface area contributed by atoms with Gasteiger partial charge in [0.05, 0.1) is 5.92 Å². The Morgan fingerprint density at radius 2 is 1.35 bits per heavy atom. The molecule has 0 aliphatic rings. The molecule has 0 heterocycles. The average molecular weight is 534 g/mol. The van der Waals surface area contributed by atoms with Crippen LogP contribution in [0.1, 0.15) is 27.4 Å². The second kappa shape index (κ2) is 9.02. The number of halogens is 5. The highest BCUT2D eigenvalue weighted by Crippen LogP contribution is 2.32. The Morgan fingerprint density at radius 3 is 1.84 bits per heavy atom. The third-order valence-electron chi connectivity index (χ3n) is 4.30. The largest absolute Gasteiger partial charge is 0.534 e. The Bertz CT molecular complexity index is 1180. The number of hydrogen-bond acceptors (Lipinski definition) is 4. The van der Waals surface area contributed by atoms with Crippen molar-refractivity contribution in [1.82, 2.24) is 0 Å². The highest BCUT2D eigenvalue weighted by Gasteiger charge is 2.48. The van der Waals surface area contributed by atoms with E-state index in [1.54, 1.807) is 48.5 Å². The minimum Gasteiger partial charge on any atom is -0.376 e. The molecular formula is C21H13BrClF3O4S. The predicted molar refractivity (Wildman–Crippen MR) is 114 cm³/mol. The van der Waals surface area contributed by atoms with Gasteiger partial charge in [-0.25, -0.2) is 0 Å². The Kier molecular flexibility index (Phi) is 6.78. The van der Waals surface area contributed by atoms with Crippen molar-refractivity contribution in [3.63, 3.8) is 0 Å². The summed E-state index contributed by atoms with van der Waals surface area (Å²) in [4.78, 5) is 13.3. The van der Waals surface area contributed by atoms with Crippen LogP contribution in [0.3, 0.4) is 0 Å². The smallest absolute Gasteiger partial charge is 0.376 e. The summed E-state index contributed by atoms with van der Waals surface area (Å²) in [6.45, 7) is 0. The van der Waals surface area contributed by atoms with Crippen LogP contribution >= 0.6 is 27.5 Å². The van der Waals surface area contributed by atoms with Crippen molar-refractivity contribution >= 4 is 43.4 Å². The summed E-state index contributed by atoms with van der Waals surface area (Å²) < 4.78 is 64.9. The van der Waals surface area contributed by atoms with Gasteiger partial charge in [-0.2, -0.15) is 21.6 Å². The molecule has 0 fully saturated rings. The highest BCUT2D eigenvalue weighted by molar-refractivity contribution is 9.10. The third kappa shape index (κ3) is 5.47. The number of ketones is 1. The molecule has 0 radical (unpaired) electrons. The second-order valence-electron chi connectivity index (χ2n) is 6.41. The normalized spacial score (nSPS) is 12.9. The molecule has 0 aliphatic heterocycles. The molecule has 31 heavy (non-hydrogen) atoms. The fourth-order valence-corrected chi connectivity index (χ4v) is 3.67. The average Bonchev–Trinajstić information content (AvgIpc) is 2.70. The van der Waals surface area contributed by atoms with E-state index in [2.05, 4.69) is 20.1 Å². The minimum absolute atomic E-state index is 0.258. The van der Waals surface area contributed by atoms with Gasteiger partial charge in [0.1, 0.15) is 5.75 Å². The molecule has 3 aromatic carbocycles. The molecule has 0 aromatic heterocycles. The lowest BCUT2D eigenvalue weighted by Gasteiger charge is -2.18. The van der Waals surface area contributed by atoms with Crippen molar-refractivity contribution in [3.8, 4) is 5.75 Å². The zero-order chi connectivity index (χ0) is 22.8. The molecule has 3 rings (SSSR count). The van der Waals surface area contributed by atoms with Crippen molar-refractivity contribution in [2.45, 2.75) is 11.4 Å². The van der Waals surface area contributed by atoms with Crippen molar-refractivity contribution in [2.75, 3.05) is 0 Å². The third-order valence-corrected chi connectivity index (χ3v) is 6.06. The number of rotatable bonds is 6. The van der Waals surface area contributed by atoms with E-state index in [-0.39, 0.29) is 5.78 Å². The van der Waals surface area contributed by atoms with Gasteiger partial charge in [-0.15, -0.1) is 0 Å². The molecule has 0 amide bonds. The molecule has 0 aliphatic carbocycles. The van der Waals surface area contributed by atoms with Crippen LogP contribution in [-0.4, -0.2) is 19.7 Å². The van der Waals surface area contributed by atoms with Crippen LogP contribution in [0.5, 0.6) is 5.75 Å². The van der Waals surface area contributed by atoms with E-state index in [0.717, 1.165) is 16.6 Å². The van der Waals surface area contributed by atoms with E-state index >= 15 is 0 Å². The minimum atomic E-state index is -5.79. The van der Waals surface area contributed by atoms with Gasteiger partial charge in [0, 0.05) is 15.1 Å². The molecule has 0 saturated carbocycles. The first-order chi connectivity index (χ1) is 14.5. The van der Waals surface area contributed by atoms with Gasteiger partial charge in [0.15, 0.2) is 5.78 Å². The highest BCUT2D eigenvalue weighted by atomic mass is 79.9. The Labute approximate surface area is 189 Å². The zero-order valence-electron chi connectivity index (χ0n) is 15.4. The van der Waals surface area contributed by atoms with Gasteiger partial charge in [-0.05, 0) is 47.5 Å². The van der Waals surface area contributed by atoms with Crippen LogP contribution in [0, 0.1) is 0 Å². The summed E-state index contributed by atoms with van der Waals surface area (Å²) in [5, 5.41) is 0.472. The number of Topliss-reactive ketones (excluding diaryl/α,β-unsaturated/α-hetero) is 1. The molecule has 3 aromatic rings. The van der Waals surface area contributed by atoms with Gasteiger partial charge in [0.2, 0.25) is 0 Å². The number of hydrogen-bond donors (Lipinski definition) is 0. The van der Waals surface area contributed by atoms with E-state index in [9.17, 15) is 26.4 Å². The Morgan fingerprint density at radius 1 is 0.871 bits per heavy atom. The fourth-order valence-electron chi connectivity index (χ4n) is 2.82. The summed E-state index contributed by atoms with van der Waals surface area (Å²) in [6, 6.07) is 18.1. The van der Waals surface area contributed by atoms with Gasteiger partial charge in [-0.1, -0.05) is 63.9 Å².